The highest BCUT2D eigenvalue weighted by molar-refractivity contribution is 6.07. The van der Waals surface area contributed by atoms with Crippen molar-refractivity contribution in [3.8, 4) is 5.75 Å². The summed E-state index contributed by atoms with van der Waals surface area (Å²) in [4.78, 5) is 24.9. The molecule has 0 saturated carbocycles. The average Bonchev–Trinajstić information content (AvgIpc) is 3.25. The Bertz CT molecular complexity index is 857. The predicted molar refractivity (Wildman–Crippen MR) is 108 cm³/mol. The first-order valence-corrected chi connectivity index (χ1v) is 9.28. The van der Waals surface area contributed by atoms with Gasteiger partial charge in [-0.15, -0.1) is 0 Å². The summed E-state index contributed by atoms with van der Waals surface area (Å²) in [6.07, 6.45) is 5.13. The van der Waals surface area contributed by atoms with E-state index in [9.17, 15) is 9.59 Å². The van der Waals surface area contributed by atoms with Crippen molar-refractivity contribution in [2.24, 2.45) is 0 Å². The lowest BCUT2D eigenvalue weighted by Crippen LogP contribution is -2.32. The van der Waals surface area contributed by atoms with Crippen LogP contribution in [0.1, 0.15) is 28.8 Å². The molecular formula is C22H24N2O4. The molecule has 2 aromatic carbocycles. The zero-order valence-electron chi connectivity index (χ0n) is 15.8. The Hall–Kier alpha value is -3.12. The van der Waals surface area contributed by atoms with E-state index in [1.807, 2.05) is 24.3 Å². The van der Waals surface area contributed by atoms with Crippen LogP contribution in [-0.2, 0) is 9.53 Å². The van der Waals surface area contributed by atoms with Gasteiger partial charge in [0.05, 0.1) is 24.5 Å². The summed E-state index contributed by atoms with van der Waals surface area (Å²) in [5, 5.41) is 5.65. The minimum atomic E-state index is -0.328. The van der Waals surface area contributed by atoms with Gasteiger partial charge in [0.2, 0.25) is 5.91 Å². The summed E-state index contributed by atoms with van der Waals surface area (Å²) in [5.41, 5.74) is 1.67. The summed E-state index contributed by atoms with van der Waals surface area (Å²) in [7, 11) is 1.58. The molecule has 0 bridgehead atoms. The zero-order chi connectivity index (χ0) is 19.8. The molecule has 1 aliphatic rings. The van der Waals surface area contributed by atoms with Gasteiger partial charge in [0.1, 0.15) is 5.75 Å². The quantitative estimate of drug-likeness (QED) is 0.723. The van der Waals surface area contributed by atoms with E-state index in [1.54, 1.807) is 37.5 Å². The number of amides is 2. The van der Waals surface area contributed by atoms with Gasteiger partial charge in [0, 0.05) is 24.8 Å². The number of methoxy groups -OCH3 is 1. The normalized spacial score (nSPS) is 16.1. The summed E-state index contributed by atoms with van der Waals surface area (Å²) in [5.74, 6) is 0.117. The van der Waals surface area contributed by atoms with Crippen LogP contribution >= 0.6 is 0 Å². The Kier molecular flexibility index (Phi) is 6.81. The van der Waals surface area contributed by atoms with Gasteiger partial charge in [-0.1, -0.05) is 30.3 Å². The van der Waals surface area contributed by atoms with Crippen molar-refractivity contribution >= 4 is 23.6 Å². The number of ether oxygens (including phenoxy) is 2. The van der Waals surface area contributed by atoms with Crippen molar-refractivity contribution in [2.45, 2.75) is 18.9 Å². The summed E-state index contributed by atoms with van der Waals surface area (Å²) < 4.78 is 10.8. The fourth-order valence-corrected chi connectivity index (χ4v) is 3.04. The van der Waals surface area contributed by atoms with Crippen molar-refractivity contribution in [1.82, 2.24) is 5.32 Å². The molecule has 6 nitrogen and oxygen atoms in total. The molecule has 146 valence electrons. The maximum atomic E-state index is 12.5. The molecule has 3 rings (SSSR count). The molecule has 1 heterocycles. The van der Waals surface area contributed by atoms with Gasteiger partial charge < -0.3 is 20.1 Å². The van der Waals surface area contributed by atoms with Gasteiger partial charge in [0.25, 0.3) is 5.91 Å². The van der Waals surface area contributed by atoms with Crippen LogP contribution in [0, 0.1) is 0 Å². The van der Waals surface area contributed by atoms with Crippen LogP contribution in [0.15, 0.2) is 54.6 Å². The lowest BCUT2D eigenvalue weighted by Gasteiger charge is -2.13. The molecule has 1 fully saturated rings. The minimum Gasteiger partial charge on any atom is -0.496 e. The van der Waals surface area contributed by atoms with E-state index in [1.165, 1.54) is 6.08 Å². The Morgan fingerprint density at radius 2 is 1.96 bits per heavy atom. The lowest BCUT2D eigenvalue weighted by molar-refractivity contribution is -0.111. The van der Waals surface area contributed by atoms with E-state index in [2.05, 4.69) is 10.6 Å². The third-order valence-electron chi connectivity index (χ3n) is 4.50. The topological polar surface area (TPSA) is 76.7 Å². The second-order valence-electron chi connectivity index (χ2n) is 6.46. The molecule has 1 unspecified atom stereocenters. The van der Waals surface area contributed by atoms with Crippen LogP contribution in [0.2, 0.25) is 0 Å². The highest BCUT2D eigenvalue weighted by Crippen LogP contribution is 2.19. The smallest absolute Gasteiger partial charge is 0.253 e. The van der Waals surface area contributed by atoms with Gasteiger partial charge in [-0.2, -0.15) is 0 Å². The number of anilines is 1. The van der Waals surface area contributed by atoms with E-state index < -0.39 is 0 Å². The largest absolute Gasteiger partial charge is 0.496 e. The Balaban J connectivity index is 1.64. The minimum absolute atomic E-state index is 0.0643. The van der Waals surface area contributed by atoms with E-state index in [0.29, 0.717) is 23.5 Å². The first-order chi connectivity index (χ1) is 13.7. The molecule has 1 atom stereocenters. The number of hydrogen-bond donors (Lipinski definition) is 2. The molecule has 2 aromatic rings. The molecule has 0 radical (unpaired) electrons. The molecular weight excluding hydrogens is 356 g/mol. The number of benzene rings is 2. The van der Waals surface area contributed by atoms with Crippen molar-refractivity contribution in [3.05, 3.63) is 65.7 Å². The van der Waals surface area contributed by atoms with Crippen LogP contribution in [0.25, 0.3) is 6.08 Å². The monoisotopic (exact) mass is 380 g/mol. The molecule has 0 spiro atoms. The molecule has 1 aliphatic heterocycles. The second kappa shape index (κ2) is 9.71. The maximum Gasteiger partial charge on any atom is 0.253 e. The fraction of sp³-hybridized carbons (Fsp3) is 0.273. The second-order valence-corrected chi connectivity index (χ2v) is 6.46. The van der Waals surface area contributed by atoms with Gasteiger partial charge >= 0.3 is 0 Å². The van der Waals surface area contributed by atoms with Crippen molar-refractivity contribution in [2.75, 3.05) is 25.6 Å². The molecule has 6 heteroatoms. The number of rotatable bonds is 7. The average molecular weight is 380 g/mol. The van der Waals surface area contributed by atoms with Gasteiger partial charge in [-0.25, -0.2) is 0 Å². The van der Waals surface area contributed by atoms with E-state index >= 15 is 0 Å². The van der Waals surface area contributed by atoms with E-state index in [-0.39, 0.29) is 17.9 Å². The van der Waals surface area contributed by atoms with Gasteiger partial charge in [-0.3, -0.25) is 9.59 Å². The SMILES string of the molecule is COc1ccccc1/C=C/C(=O)Nc1ccccc1C(=O)NCC1CCCO1. The molecule has 1 saturated heterocycles. The third kappa shape index (κ3) is 5.20. The Labute approximate surface area is 164 Å². The molecule has 0 aromatic heterocycles. The summed E-state index contributed by atoms with van der Waals surface area (Å²) in [6, 6.07) is 14.3. The maximum absolute atomic E-state index is 12.5. The zero-order valence-corrected chi connectivity index (χ0v) is 15.8. The fourth-order valence-electron chi connectivity index (χ4n) is 3.04. The van der Waals surface area contributed by atoms with Crippen molar-refractivity contribution < 1.29 is 19.1 Å². The standard InChI is InChI=1S/C22H24N2O4/c1-27-20-11-5-2-7-16(20)12-13-21(25)24-19-10-4-3-9-18(19)22(26)23-15-17-8-6-14-28-17/h2-5,7,9-13,17H,6,8,14-15H2,1H3,(H,23,26)(H,24,25)/b13-12+. The number of hydrogen-bond acceptors (Lipinski definition) is 4. The molecule has 0 aliphatic carbocycles. The van der Waals surface area contributed by atoms with Crippen LogP contribution in [0.3, 0.4) is 0 Å². The first-order valence-electron chi connectivity index (χ1n) is 9.28. The number of carbonyl (C=O) groups is 2. The number of para-hydroxylation sites is 2. The predicted octanol–water partition coefficient (Wildman–Crippen LogP) is 3.26. The summed E-state index contributed by atoms with van der Waals surface area (Å²) >= 11 is 0. The van der Waals surface area contributed by atoms with E-state index in [4.69, 9.17) is 9.47 Å². The third-order valence-corrected chi connectivity index (χ3v) is 4.50. The number of nitrogens with one attached hydrogen (secondary N) is 2. The Morgan fingerprint density at radius 3 is 2.75 bits per heavy atom. The van der Waals surface area contributed by atoms with Crippen LogP contribution in [0.5, 0.6) is 5.75 Å². The highest BCUT2D eigenvalue weighted by Gasteiger charge is 2.18. The molecule has 28 heavy (non-hydrogen) atoms. The van der Waals surface area contributed by atoms with E-state index in [0.717, 1.165) is 25.0 Å². The molecule has 2 amide bonds. The van der Waals surface area contributed by atoms with Gasteiger partial charge in [-0.05, 0) is 37.1 Å². The highest BCUT2D eigenvalue weighted by atomic mass is 16.5. The number of carbonyl (C=O) groups excluding carboxylic acids is 2. The lowest BCUT2D eigenvalue weighted by atomic mass is 10.1. The molecule has 2 N–H and O–H groups in total. The van der Waals surface area contributed by atoms with Crippen LogP contribution < -0.4 is 15.4 Å². The first kappa shape index (κ1) is 19.6. The van der Waals surface area contributed by atoms with Crippen molar-refractivity contribution in [1.29, 1.82) is 0 Å². The van der Waals surface area contributed by atoms with Crippen molar-refractivity contribution in [3.63, 3.8) is 0 Å². The van der Waals surface area contributed by atoms with Gasteiger partial charge in [0.15, 0.2) is 0 Å². The van der Waals surface area contributed by atoms with Crippen LogP contribution in [0.4, 0.5) is 5.69 Å². The summed E-state index contributed by atoms with van der Waals surface area (Å²) in [6.45, 7) is 1.21. The Morgan fingerprint density at radius 1 is 1.18 bits per heavy atom. The van der Waals surface area contributed by atoms with Crippen LogP contribution in [-0.4, -0.2) is 38.2 Å².